The number of aromatic nitrogens is 1. The highest BCUT2D eigenvalue weighted by Crippen LogP contribution is 2.17. The second-order valence-corrected chi connectivity index (χ2v) is 7.55. The second kappa shape index (κ2) is 4.94. The number of hydrogen-bond acceptors (Lipinski definition) is 6. The Balaban J connectivity index is 2.00. The molecule has 6 nitrogen and oxygen atoms in total. The first kappa shape index (κ1) is 13.4. The van der Waals surface area contributed by atoms with Crippen molar-refractivity contribution in [3.63, 3.8) is 0 Å². The van der Waals surface area contributed by atoms with Gasteiger partial charge < -0.3 is 11.1 Å². The Morgan fingerprint density at radius 3 is 2.89 bits per heavy atom. The summed E-state index contributed by atoms with van der Waals surface area (Å²) in [6.07, 6.45) is 0.471. The minimum absolute atomic E-state index is 0.0169. The standard InChI is InChI=1S/C10H15N3O3S2/c1-6(11)10-13-8(4-17-10)9(14)12-7-2-3-18(15,16)5-7/h4,6-7H,2-3,5,11H2,1H3,(H,12,14). The van der Waals surface area contributed by atoms with Crippen molar-refractivity contribution in [2.75, 3.05) is 11.5 Å². The zero-order chi connectivity index (χ0) is 13.3. The molecule has 0 bridgehead atoms. The lowest BCUT2D eigenvalue weighted by Gasteiger charge is -2.08. The normalized spacial score (nSPS) is 23.8. The number of nitrogens with zero attached hydrogens (tertiary/aromatic N) is 1. The summed E-state index contributed by atoms with van der Waals surface area (Å²) in [6, 6.07) is -0.508. The minimum Gasteiger partial charge on any atom is -0.347 e. The minimum atomic E-state index is -2.98. The Kier molecular flexibility index (Phi) is 3.69. The molecule has 0 spiro atoms. The highest BCUT2D eigenvalue weighted by atomic mass is 32.2. The Hall–Kier alpha value is -0.990. The molecular weight excluding hydrogens is 274 g/mol. The first-order valence-electron chi connectivity index (χ1n) is 5.60. The maximum absolute atomic E-state index is 11.8. The van der Waals surface area contributed by atoms with Crippen LogP contribution >= 0.6 is 11.3 Å². The fourth-order valence-corrected chi connectivity index (χ4v) is 4.20. The fraction of sp³-hybridized carbons (Fsp3) is 0.600. The molecule has 2 unspecified atom stereocenters. The maximum Gasteiger partial charge on any atom is 0.271 e. The van der Waals surface area contributed by atoms with Crippen molar-refractivity contribution in [3.05, 3.63) is 16.1 Å². The van der Waals surface area contributed by atoms with E-state index in [9.17, 15) is 13.2 Å². The predicted octanol–water partition coefficient (Wildman–Crippen LogP) is 0.0797. The number of sulfone groups is 1. The summed E-state index contributed by atoms with van der Waals surface area (Å²) in [5.41, 5.74) is 5.97. The molecule has 0 aromatic carbocycles. The van der Waals surface area contributed by atoms with E-state index >= 15 is 0 Å². The van der Waals surface area contributed by atoms with E-state index < -0.39 is 9.84 Å². The molecule has 100 valence electrons. The van der Waals surface area contributed by atoms with E-state index in [-0.39, 0.29) is 29.5 Å². The van der Waals surface area contributed by atoms with Gasteiger partial charge >= 0.3 is 0 Å². The Labute approximate surface area is 110 Å². The topological polar surface area (TPSA) is 102 Å². The molecule has 2 rings (SSSR count). The van der Waals surface area contributed by atoms with Crippen molar-refractivity contribution < 1.29 is 13.2 Å². The fourth-order valence-electron chi connectivity index (χ4n) is 1.77. The number of nitrogens with two attached hydrogens (primary N) is 1. The van der Waals surface area contributed by atoms with Crippen LogP contribution in [0.2, 0.25) is 0 Å². The van der Waals surface area contributed by atoms with Gasteiger partial charge in [0.2, 0.25) is 0 Å². The zero-order valence-corrected chi connectivity index (χ0v) is 11.6. The van der Waals surface area contributed by atoms with Crippen molar-refractivity contribution in [2.24, 2.45) is 5.73 Å². The third-order valence-corrected chi connectivity index (χ3v) is 5.53. The average Bonchev–Trinajstić information content (AvgIpc) is 2.85. The first-order chi connectivity index (χ1) is 8.37. The van der Waals surface area contributed by atoms with Crippen LogP contribution < -0.4 is 11.1 Å². The van der Waals surface area contributed by atoms with E-state index in [1.165, 1.54) is 11.3 Å². The van der Waals surface area contributed by atoms with Gasteiger partial charge in [-0.05, 0) is 13.3 Å². The van der Waals surface area contributed by atoms with Crippen molar-refractivity contribution in [1.29, 1.82) is 0 Å². The largest absolute Gasteiger partial charge is 0.347 e. The summed E-state index contributed by atoms with van der Waals surface area (Å²) in [5.74, 6) is -0.177. The van der Waals surface area contributed by atoms with Crippen LogP contribution in [-0.2, 0) is 9.84 Å². The SMILES string of the molecule is CC(N)c1nc(C(=O)NC2CCS(=O)(=O)C2)cs1. The van der Waals surface area contributed by atoms with Gasteiger partial charge in [0.1, 0.15) is 10.7 Å². The number of rotatable bonds is 3. The number of hydrogen-bond donors (Lipinski definition) is 2. The van der Waals surface area contributed by atoms with Gasteiger partial charge in [-0.1, -0.05) is 0 Å². The lowest BCUT2D eigenvalue weighted by atomic mass is 10.2. The first-order valence-corrected chi connectivity index (χ1v) is 8.30. The Morgan fingerprint density at radius 1 is 1.67 bits per heavy atom. The zero-order valence-electron chi connectivity index (χ0n) is 9.92. The second-order valence-electron chi connectivity index (χ2n) is 4.43. The molecule has 2 atom stereocenters. The van der Waals surface area contributed by atoms with Crippen molar-refractivity contribution in [2.45, 2.75) is 25.4 Å². The molecule has 3 N–H and O–H groups in total. The van der Waals surface area contributed by atoms with Gasteiger partial charge in [0, 0.05) is 11.4 Å². The van der Waals surface area contributed by atoms with Crippen LogP contribution in [0.15, 0.2) is 5.38 Å². The quantitative estimate of drug-likeness (QED) is 0.820. The summed E-state index contributed by atoms with van der Waals surface area (Å²) in [7, 11) is -2.98. The molecule has 0 saturated carbocycles. The molecule has 1 aliphatic rings. The lowest BCUT2D eigenvalue weighted by Crippen LogP contribution is -2.35. The molecular formula is C10H15N3O3S2. The van der Waals surface area contributed by atoms with Crippen LogP contribution in [0.4, 0.5) is 0 Å². The van der Waals surface area contributed by atoms with Crippen LogP contribution in [0.3, 0.4) is 0 Å². The third kappa shape index (κ3) is 3.06. The van der Waals surface area contributed by atoms with Crippen LogP contribution in [0.5, 0.6) is 0 Å². The molecule has 2 heterocycles. The maximum atomic E-state index is 11.8. The number of amides is 1. The molecule has 1 amide bonds. The van der Waals surface area contributed by atoms with E-state index in [1.54, 1.807) is 12.3 Å². The Bertz CT molecular complexity index is 550. The molecule has 0 aliphatic carbocycles. The van der Waals surface area contributed by atoms with Gasteiger partial charge in [0.15, 0.2) is 9.84 Å². The highest BCUT2D eigenvalue weighted by Gasteiger charge is 2.29. The molecule has 1 aromatic rings. The van der Waals surface area contributed by atoms with E-state index in [0.717, 1.165) is 0 Å². The van der Waals surface area contributed by atoms with Crippen molar-refractivity contribution in [3.8, 4) is 0 Å². The molecule has 1 aromatic heterocycles. The Morgan fingerprint density at radius 2 is 2.39 bits per heavy atom. The van der Waals surface area contributed by atoms with E-state index in [2.05, 4.69) is 10.3 Å². The third-order valence-electron chi connectivity index (χ3n) is 2.71. The van der Waals surface area contributed by atoms with Gasteiger partial charge in [-0.15, -0.1) is 11.3 Å². The number of carbonyl (C=O) groups excluding carboxylic acids is 1. The smallest absolute Gasteiger partial charge is 0.271 e. The summed E-state index contributed by atoms with van der Waals surface area (Å²) in [5, 5.41) is 5.02. The summed E-state index contributed by atoms with van der Waals surface area (Å²) in [4.78, 5) is 16.0. The van der Waals surface area contributed by atoms with E-state index in [1.807, 2.05) is 0 Å². The van der Waals surface area contributed by atoms with E-state index in [4.69, 9.17) is 5.73 Å². The van der Waals surface area contributed by atoms with Gasteiger partial charge in [0.25, 0.3) is 5.91 Å². The number of nitrogens with one attached hydrogen (secondary N) is 1. The molecule has 8 heteroatoms. The summed E-state index contributed by atoms with van der Waals surface area (Å²) >= 11 is 1.33. The monoisotopic (exact) mass is 289 g/mol. The number of carbonyl (C=O) groups is 1. The van der Waals surface area contributed by atoms with Crippen LogP contribution in [0.1, 0.15) is 34.9 Å². The van der Waals surface area contributed by atoms with Gasteiger partial charge in [-0.25, -0.2) is 13.4 Å². The summed E-state index contributed by atoms with van der Waals surface area (Å²) in [6.45, 7) is 1.80. The van der Waals surface area contributed by atoms with Crippen LogP contribution in [0, 0.1) is 0 Å². The predicted molar refractivity (Wildman–Crippen MR) is 69.2 cm³/mol. The van der Waals surface area contributed by atoms with Gasteiger partial charge in [0.05, 0.1) is 17.5 Å². The summed E-state index contributed by atoms with van der Waals surface area (Å²) < 4.78 is 22.5. The van der Waals surface area contributed by atoms with Gasteiger partial charge in [-0.2, -0.15) is 0 Å². The van der Waals surface area contributed by atoms with Crippen LogP contribution in [-0.4, -0.2) is 36.9 Å². The molecule has 1 aliphatic heterocycles. The van der Waals surface area contributed by atoms with E-state index in [0.29, 0.717) is 17.1 Å². The molecule has 1 fully saturated rings. The number of thiazole rings is 1. The average molecular weight is 289 g/mol. The lowest BCUT2D eigenvalue weighted by molar-refractivity contribution is 0.0936. The van der Waals surface area contributed by atoms with Crippen molar-refractivity contribution >= 4 is 27.1 Å². The molecule has 0 radical (unpaired) electrons. The van der Waals surface area contributed by atoms with Crippen molar-refractivity contribution in [1.82, 2.24) is 10.3 Å². The molecule has 18 heavy (non-hydrogen) atoms. The molecule has 1 saturated heterocycles. The highest BCUT2D eigenvalue weighted by molar-refractivity contribution is 7.91. The van der Waals surface area contributed by atoms with Crippen LogP contribution in [0.25, 0.3) is 0 Å². The van der Waals surface area contributed by atoms with Gasteiger partial charge in [-0.3, -0.25) is 4.79 Å².